The number of aliphatic hydroxyl groups excluding tert-OH is 2. The van der Waals surface area contributed by atoms with Crippen LogP contribution in [-0.4, -0.2) is 43.0 Å². The molecule has 6 nitrogen and oxygen atoms in total. The number of fused-ring (bicyclic) bond motifs is 2. The summed E-state index contributed by atoms with van der Waals surface area (Å²) in [6, 6.07) is 10.3. The standard InChI is InChI=1S/C17H20N4O2/c22-11-16(23)15-8-14-10-20(6-7-21(14)19-15)9-13-3-1-2-12-4-5-18-17(12)13/h1-5,8,16,18,22-23H,6-7,9-11H2/t16-/m0/s1. The fourth-order valence-corrected chi connectivity index (χ4v) is 3.26. The van der Waals surface area contributed by atoms with E-state index in [1.807, 2.05) is 16.9 Å². The molecule has 0 bridgehead atoms. The summed E-state index contributed by atoms with van der Waals surface area (Å²) in [4.78, 5) is 5.70. The van der Waals surface area contributed by atoms with Crippen molar-refractivity contribution in [1.29, 1.82) is 0 Å². The smallest absolute Gasteiger partial charge is 0.121 e. The van der Waals surface area contributed by atoms with Crippen LogP contribution in [0.25, 0.3) is 10.9 Å². The van der Waals surface area contributed by atoms with Gasteiger partial charge in [0.25, 0.3) is 0 Å². The minimum atomic E-state index is -0.894. The van der Waals surface area contributed by atoms with Gasteiger partial charge in [-0.05, 0) is 23.1 Å². The Kier molecular flexibility index (Phi) is 3.65. The second-order valence-corrected chi connectivity index (χ2v) is 6.05. The minimum absolute atomic E-state index is 0.297. The van der Waals surface area contributed by atoms with E-state index in [1.165, 1.54) is 16.5 Å². The molecule has 0 amide bonds. The molecule has 0 fully saturated rings. The Labute approximate surface area is 134 Å². The highest BCUT2D eigenvalue weighted by Crippen LogP contribution is 2.22. The number of nitrogens with zero attached hydrogens (tertiary/aromatic N) is 3. The summed E-state index contributed by atoms with van der Waals surface area (Å²) in [5, 5.41) is 24.4. The van der Waals surface area contributed by atoms with Crippen molar-refractivity contribution in [2.45, 2.75) is 25.7 Å². The number of aliphatic hydroxyl groups is 2. The number of nitrogens with one attached hydrogen (secondary N) is 1. The van der Waals surface area contributed by atoms with Gasteiger partial charge in [-0.15, -0.1) is 0 Å². The number of rotatable bonds is 4. The van der Waals surface area contributed by atoms with Crippen LogP contribution < -0.4 is 0 Å². The lowest BCUT2D eigenvalue weighted by Crippen LogP contribution is -2.33. The highest BCUT2D eigenvalue weighted by Gasteiger charge is 2.21. The van der Waals surface area contributed by atoms with Gasteiger partial charge in [-0.3, -0.25) is 9.58 Å². The van der Waals surface area contributed by atoms with Crippen LogP contribution in [0.15, 0.2) is 36.5 Å². The van der Waals surface area contributed by atoms with Crippen molar-refractivity contribution in [3.63, 3.8) is 0 Å². The van der Waals surface area contributed by atoms with Crippen molar-refractivity contribution >= 4 is 10.9 Å². The van der Waals surface area contributed by atoms with Crippen molar-refractivity contribution in [3.05, 3.63) is 53.5 Å². The van der Waals surface area contributed by atoms with Gasteiger partial charge in [-0.2, -0.15) is 5.10 Å². The summed E-state index contributed by atoms with van der Waals surface area (Å²) in [6.45, 7) is 3.09. The molecule has 3 N–H and O–H groups in total. The molecule has 6 heteroatoms. The van der Waals surface area contributed by atoms with Crippen LogP contribution >= 0.6 is 0 Å². The van der Waals surface area contributed by atoms with E-state index in [1.54, 1.807) is 0 Å². The van der Waals surface area contributed by atoms with Crippen LogP contribution in [0.1, 0.15) is 23.1 Å². The molecule has 0 aliphatic carbocycles. The number of aromatic amines is 1. The lowest BCUT2D eigenvalue weighted by atomic mass is 10.1. The van der Waals surface area contributed by atoms with E-state index in [2.05, 4.69) is 39.2 Å². The predicted octanol–water partition coefficient (Wildman–Crippen LogP) is 1.41. The molecule has 0 spiro atoms. The first-order valence-corrected chi connectivity index (χ1v) is 7.87. The van der Waals surface area contributed by atoms with Crippen LogP contribution in [0, 0.1) is 0 Å². The maximum absolute atomic E-state index is 9.73. The molecule has 4 rings (SSSR count). The summed E-state index contributed by atoms with van der Waals surface area (Å²) in [7, 11) is 0. The molecular formula is C17H20N4O2. The van der Waals surface area contributed by atoms with Gasteiger partial charge in [0.15, 0.2) is 0 Å². The van der Waals surface area contributed by atoms with Crippen LogP contribution in [-0.2, 0) is 19.6 Å². The lowest BCUT2D eigenvalue weighted by Gasteiger charge is -2.27. The molecule has 0 radical (unpaired) electrons. The predicted molar refractivity (Wildman–Crippen MR) is 86.7 cm³/mol. The Morgan fingerprint density at radius 2 is 2.17 bits per heavy atom. The molecular weight excluding hydrogens is 292 g/mol. The monoisotopic (exact) mass is 312 g/mol. The van der Waals surface area contributed by atoms with Crippen LogP contribution in [0.4, 0.5) is 0 Å². The Morgan fingerprint density at radius 1 is 1.26 bits per heavy atom. The molecule has 23 heavy (non-hydrogen) atoms. The molecule has 1 atom stereocenters. The second kappa shape index (κ2) is 5.81. The SMILES string of the molecule is OC[C@H](O)c1cc2n(n1)CCN(Cc1cccc3cc[nH]c13)C2. The van der Waals surface area contributed by atoms with Gasteiger partial charge in [-0.1, -0.05) is 18.2 Å². The van der Waals surface area contributed by atoms with E-state index in [0.29, 0.717) is 5.69 Å². The molecule has 0 unspecified atom stereocenters. The van der Waals surface area contributed by atoms with Gasteiger partial charge in [0.05, 0.1) is 24.5 Å². The fraction of sp³-hybridized carbons (Fsp3) is 0.353. The summed E-state index contributed by atoms with van der Waals surface area (Å²) in [5.41, 5.74) is 4.12. The van der Waals surface area contributed by atoms with Gasteiger partial charge in [0.1, 0.15) is 6.10 Å². The first kappa shape index (κ1) is 14.4. The Balaban J connectivity index is 1.54. The zero-order valence-electron chi connectivity index (χ0n) is 12.8. The largest absolute Gasteiger partial charge is 0.393 e. The van der Waals surface area contributed by atoms with E-state index in [-0.39, 0.29) is 6.61 Å². The van der Waals surface area contributed by atoms with E-state index in [4.69, 9.17) is 5.11 Å². The van der Waals surface area contributed by atoms with Gasteiger partial charge in [0, 0.05) is 31.3 Å². The third-order valence-electron chi connectivity index (χ3n) is 4.48. The molecule has 1 aliphatic heterocycles. The molecule has 1 aromatic carbocycles. The number of hydrogen-bond acceptors (Lipinski definition) is 4. The Hall–Kier alpha value is -2.15. The molecule has 0 saturated carbocycles. The van der Waals surface area contributed by atoms with Gasteiger partial charge < -0.3 is 15.2 Å². The zero-order valence-corrected chi connectivity index (χ0v) is 12.8. The highest BCUT2D eigenvalue weighted by atomic mass is 16.3. The summed E-state index contributed by atoms with van der Waals surface area (Å²) in [6.07, 6.45) is 1.08. The maximum atomic E-state index is 9.73. The number of H-pyrrole nitrogens is 1. The van der Waals surface area contributed by atoms with Crippen LogP contribution in [0.5, 0.6) is 0 Å². The second-order valence-electron chi connectivity index (χ2n) is 6.05. The molecule has 2 aromatic heterocycles. The van der Waals surface area contributed by atoms with Crippen molar-refractivity contribution in [2.75, 3.05) is 13.2 Å². The number of para-hydroxylation sites is 1. The minimum Gasteiger partial charge on any atom is -0.393 e. The van der Waals surface area contributed by atoms with E-state index >= 15 is 0 Å². The molecule has 1 aliphatic rings. The summed E-state index contributed by atoms with van der Waals surface area (Å²) >= 11 is 0. The van der Waals surface area contributed by atoms with Crippen molar-refractivity contribution < 1.29 is 10.2 Å². The van der Waals surface area contributed by atoms with Crippen molar-refractivity contribution in [1.82, 2.24) is 19.7 Å². The van der Waals surface area contributed by atoms with Gasteiger partial charge in [0.2, 0.25) is 0 Å². The highest BCUT2D eigenvalue weighted by molar-refractivity contribution is 5.82. The topological polar surface area (TPSA) is 77.3 Å². The quantitative estimate of drug-likeness (QED) is 0.681. The van der Waals surface area contributed by atoms with E-state index in [0.717, 1.165) is 31.9 Å². The van der Waals surface area contributed by atoms with Crippen molar-refractivity contribution in [2.24, 2.45) is 0 Å². The third-order valence-corrected chi connectivity index (χ3v) is 4.48. The first-order valence-electron chi connectivity index (χ1n) is 7.87. The number of benzene rings is 1. The summed E-state index contributed by atoms with van der Waals surface area (Å²) in [5.74, 6) is 0. The van der Waals surface area contributed by atoms with Gasteiger partial charge in [-0.25, -0.2) is 0 Å². The fourth-order valence-electron chi connectivity index (χ4n) is 3.26. The number of aromatic nitrogens is 3. The molecule has 3 heterocycles. The third kappa shape index (κ3) is 2.65. The average Bonchev–Trinajstić information content (AvgIpc) is 3.20. The average molecular weight is 312 g/mol. The van der Waals surface area contributed by atoms with Gasteiger partial charge >= 0.3 is 0 Å². The lowest BCUT2D eigenvalue weighted by molar-refractivity contribution is 0.0915. The molecule has 120 valence electrons. The maximum Gasteiger partial charge on any atom is 0.121 e. The van der Waals surface area contributed by atoms with E-state index in [9.17, 15) is 5.11 Å². The zero-order chi connectivity index (χ0) is 15.8. The van der Waals surface area contributed by atoms with Crippen molar-refractivity contribution in [3.8, 4) is 0 Å². The number of hydrogen-bond donors (Lipinski definition) is 3. The molecule has 0 saturated heterocycles. The Morgan fingerprint density at radius 3 is 3.04 bits per heavy atom. The van der Waals surface area contributed by atoms with E-state index < -0.39 is 6.10 Å². The normalized spacial score (nSPS) is 16.6. The molecule has 3 aromatic rings. The van der Waals surface area contributed by atoms with Crippen LogP contribution in [0.3, 0.4) is 0 Å². The summed E-state index contributed by atoms with van der Waals surface area (Å²) < 4.78 is 1.93. The Bertz CT molecular complexity index is 823. The first-order chi connectivity index (χ1) is 11.2. The van der Waals surface area contributed by atoms with Crippen LogP contribution in [0.2, 0.25) is 0 Å².